The number of nitrogens with zero attached hydrogens (tertiary/aromatic N) is 2. The lowest BCUT2D eigenvalue weighted by atomic mass is 10.1. The van der Waals surface area contributed by atoms with Gasteiger partial charge >= 0.3 is 0 Å². The van der Waals surface area contributed by atoms with Gasteiger partial charge in [-0.1, -0.05) is 69.2 Å². The Kier molecular flexibility index (Phi) is 7.38. The first-order valence-corrected chi connectivity index (χ1v) is 10.6. The Bertz CT molecular complexity index is 933. The van der Waals surface area contributed by atoms with Crippen molar-refractivity contribution in [3.05, 3.63) is 76.3 Å². The molecule has 2 N–H and O–H groups in total. The second-order valence-electron chi connectivity index (χ2n) is 7.46. The fourth-order valence-corrected chi connectivity index (χ4v) is 3.73. The Labute approximate surface area is 167 Å². The van der Waals surface area contributed by atoms with Crippen LogP contribution in [0.5, 0.6) is 0 Å². The van der Waals surface area contributed by atoms with Crippen LogP contribution in [-0.4, -0.2) is 16.1 Å². The number of hydrogen-bond donors (Lipinski definition) is 1. The van der Waals surface area contributed by atoms with Crippen molar-refractivity contribution in [2.24, 2.45) is 0 Å². The van der Waals surface area contributed by atoms with Gasteiger partial charge in [-0.05, 0) is 30.5 Å². The van der Waals surface area contributed by atoms with Crippen molar-refractivity contribution in [2.45, 2.75) is 58.5 Å². The van der Waals surface area contributed by atoms with Crippen LogP contribution < -0.4 is 10.9 Å². The molecule has 3 aromatic rings. The monoisotopic (exact) mass is 378 g/mol. The van der Waals surface area contributed by atoms with Crippen molar-refractivity contribution in [3.8, 4) is 0 Å². The standard InChI is InChI=1S/C24H31N3O/c1-3-5-6-12-17-25-21(4-2)23-26-22-16-11-10-15-20(22)24(28)27(23)18-19-13-8-7-9-14-19/h7-11,13-16,21,25H,3-6,12,17-18H2,1-2H3/p+1/t21-/m0/s1. The van der Waals surface area contributed by atoms with E-state index in [9.17, 15) is 4.79 Å². The van der Waals surface area contributed by atoms with Crippen LogP contribution in [0.4, 0.5) is 0 Å². The zero-order chi connectivity index (χ0) is 19.8. The van der Waals surface area contributed by atoms with Crippen molar-refractivity contribution in [1.82, 2.24) is 9.55 Å². The van der Waals surface area contributed by atoms with Crippen LogP contribution in [0.3, 0.4) is 0 Å². The molecule has 0 amide bonds. The number of aromatic nitrogens is 2. The van der Waals surface area contributed by atoms with Crippen LogP contribution in [0.2, 0.25) is 0 Å². The minimum absolute atomic E-state index is 0.0577. The number of benzene rings is 2. The fourth-order valence-electron chi connectivity index (χ4n) is 3.73. The minimum Gasteiger partial charge on any atom is -0.338 e. The Balaban J connectivity index is 1.96. The molecule has 0 spiro atoms. The lowest BCUT2D eigenvalue weighted by molar-refractivity contribution is -0.698. The average molecular weight is 379 g/mol. The number of unbranched alkanes of at least 4 members (excludes halogenated alkanes) is 3. The van der Waals surface area contributed by atoms with E-state index in [-0.39, 0.29) is 11.6 Å². The van der Waals surface area contributed by atoms with Crippen molar-refractivity contribution in [1.29, 1.82) is 0 Å². The molecular formula is C24H32N3O+. The van der Waals surface area contributed by atoms with Gasteiger partial charge in [0, 0.05) is 6.42 Å². The summed E-state index contributed by atoms with van der Waals surface area (Å²) < 4.78 is 1.88. The molecule has 148 valence electrons. The van der Waals surface area contributed by atoms with E-state index in [0.717, 1.165) is 29.9 Å². The highest BCUT2D eigenvalue weighted by molar-refractivity contribution is 5.77. The summed E-state index contributed by atoms with van der Waals surface area (Å²) in [6, 6.07) is 18.1. The van der Waals surface area contributed by atoms with Gasteiger partial charge in [-0.3, -0.25) is 9.36 Å². The largest absolute Gasteiger partial charge is 0.338 e. The summed E-state index contributed by atoms with van der Waals surface area (Å²) in [7, 11) is 0. The summed E-state index contributed by atoms with van der Waals surface area (Å²) >= 11 is 0. The quantitative estimate of drug-likeness (QED) is 0.541. The highest BCUT2D eigenvalue weighted by Gasteiger charge is 2.21. The molecule has 4 nitrogen and oxygen atoms in total. The van der Waals surface area contributed by atoms with Crippen LogP contribution in [0, 0.1) is 0 Å². The number of para-hydroxylation sites is 1. The van der Waals surface area contributed by atoms with Gasteiger partial charge in [0.15, 0.2) is 5.82 Å². The van der Waals surface area contributed by atoms with E-state index < -0.39 is 0 Å². The first-order chi connectivity index (χ1) is 13.7. The molecule has 0 bridgehead atoms. The van der Waals surface area contributed by atoms with Crippen LogP contribution >= 0.6 is 0 Å². The van der Waals surface area contributed by atoms with Crippen LogP contribution in [0.1, 0.15) is 63.4 Å². The second-order valence-corrected chi connectivity index (χ2v) is 7.46. The molecule has 0 fully saturated rings. The molecule has 1 atom stereocenters. The molecule has 3 rings (SSSR count). The van der Waals surface area contributed by atoms with E-state index in [1.165, 1.54) is 25.7 Å². The van der Waals surface area contributed by atoms with E-state index in [0.29, 0.717) is 11.9 Å². The molecule has 1 heterocycles. The number of fused-ring (bicyclic) bond motifs is 1. The molecule has 0 unspecified atom stereocenters. The summed E-state index contributed by atoms with van der Waals surface area (Å²) in [5.74, 6) is 0.894. The first-order valence-electron chi connectivity index (χ1n) is 10.6. The van der Waals surface area contributed by atoms with Crippen LogP contribution in [0.15, 0.2) is 59.4 Å². The Hall–Kier alpha value is -2.46. The summed E-state index contributed by atoms with van der Waals surface area (Å²) in [4.78, 5) is 18.2. The van der Waals surface area contributed by atoms with Gasteiger partial charge in [-0.25, -0.2) is 4.98 Å². The molecule has 0 saturated heterocycles. The molecule has 0 aliphatic carbocycles. The maximum Gasteiger partial charge on any atom is 0.261 e. The maximum absolute atomic E-state index is 13.3. The third kappa shape index (κ3) is 4.87. The third-order valence-corrected chi connectivity index (χ3v) is 5.36. The van der Waals surface area contributed by atoms with Crippen molar-refractivity contribution in [3.63, 3.8) is 0 Å². The highest BCUT2D eigenvalue weighted by atomic mass is 16.1. The maximum atomic E-state index is 13.3. The van der Waals surface area contributed by atoms with Gasteiger partial charge in [-0.15, -0.1) is 0 Å². The van der Waals surface area contributed by atoms with E-state index in [2.05, 4.69) is 31.3 Å². The first kappa shape index (κ1) is 20.3. The molecule has 4 heteroatoms. The van der Waals surface area contributed by atoms with Gasteiger partial charge in [0.05, 0.1) is 24.0 Å². The molecule has 0 radical (unpaired) electrons. The Morgan fingerprint density at radius 1 is 0.964 bits per heavy atom. The predicted octanol–water partition coefficient (Wildman–Crippen LogP) is 4.04. The SMILES string of the molecule is CCCCCC[NH2+][C@@H](CC)c1nc2ccccc2c(=O)n1Cc1ccccc1. The topological polar surface area (TPSA) is 51.5 Å². The molecular weight excluding hydrogens is 346 g/mol. The number of rotatable bonds is 10. The molecule has 0 saturated carbocycles. The summed E-state index contributed by atoms with van der Waals surface area (Å²) in [6.45, 7) is 6.06. The van der Waals surface area contributed by atoms with Gasteiger partial charge in [0.2, 0.25) is 0 Å². The van der Waals surface area contributed by atoms with Gasteiger partial charge in [0.25, 0.3) is 5.56 Å². The van der Waals surface area contributed by atoms with E-state index >= 15 is 0 Å². The summed E-state index contributed by atoms with van der Waals surface area (Å²) in [5.41, 5.74) is 1.98. The Morgan fingerprint density at radius 3 is 2.46 bits per heavy atom. The Morgan fingerprint density at radius 2 is 1.71 bits per heavy atom. The number of hydrogen-bond acceptors (Lipinski definition) is 2. The highest BCUT2D eigenvalue weighted by Crippen LogP contribution is 2.15. The van der Waals surface area contributed by atoms with E-state index in [1.807, 2.05) is 47.0 Å². The smallest absolute Gasteiger partial charge is 0.261 e. The lowest BCUT2D eigenvalue weighted by Crippen LogP contribution is -2.85. The molecule has 28 heavy (non-hydrogen) atoms. The van der Waals surface area contributed by atoms with Crippen molar-refractivity contribution < 1.29 is 5.32 Å². The second kappa shape index (κ2) is 10.2. The minimum atomic E-state index is 0.0577. The molecule has 2 aromatic carbocycles. The molecule has 0 aliphatic heterocycles. The van der Waals surface area contributed by atoms with Crippen LogP contribution in [0.25, 0.3) is 10.9 Å². The number of nitrogens with two attached hydrogens (primary N) is 1. The zero-order valence-electron chi connectivity index (χ0n) is 17.1. The van der Waals surface area contributed by atoms with Gasteiger partial charge in [0.1, 0.15) is 6.04 Å². The molecule has 1 aromatic heterocycles. The van der Waals surface area contributed by atoms with Crippen molar-refractivity contribution in [2.75, 3.05) is 6.54 Å². The van der Waals surface area contributed by atoms with Gasteiger partial charge < -0.3 is 5.32 Å². The third-order valence-electron chi connectivity index (χ3n) is 5.36. The zero-order valence-corrected chi connectivity index (χ0v) is 17.1. The van der Waals surface area contributed by atoms with E-state index in [1.54, 1.807) is 0 Å². The fraction of sp³-hybridized carbons (Fsp3) is 0.417. The average Bonchev–Trinajstić information content (AvgIpc) is 2.74. The predicted molar refractivity (Wildman–Crippen MR) is 116 cm³/mol. The summed E-state index contributed by atoms with van der Waals surface area (Å²) in [5, 5.41) is 3.06. The van der Waals surface area contributed by atoms with Crippen LogP contribution in [-0.2, 0) is 6.54 Å². The normalized spacial score (nSPS) is 12.4. The van der Waals surface area contributed by atoms with Crippen molar-refractivity contribution >= 4 is 10.9 Å². The lowest BCUT2D eigenvalue weighted by Gasteiger charge is -2.19. The molecule has 0 aliphatic rings. The number of quaternary nitrogens is 1. The summed E-state index contributed by atoms with van der Waals surface area (Å²) in [6.07, 6.45) is 5.97. The van der Waals surface area contributed by atoms with E-state index in [4.69, 9.17) is 4.98 Å². The van der Waals surface area contributed by atoms with Gasteiger partial charge in [-0.2, -0.15) is 0 Å².